The van der Waals surface area contributed by atoms with Gasteiger partial charge >= 0.3 is 11.9 Å². The minimum Gasteiger partial charge on any atom is -0.508 e. The van der Waals surface area contributed by atoms with Gasteiger partial charge < -0.3 is 83.5 Å². The zero-order valence-corrected chi connectivity index (χ0v) is 31.6. The van der Waals surface area contributed by atoms with Gasteiger partial charge in [0, 0.05) is 18.1 Å². The number of carbonyl (C=O) groups excluding carboxylic acids is 2. The summed E-state index contributed by atoms with van der Waals surface area (Å²) in [7, 11) is 1.37. The van der Waals surface area contributed by atoms with Crippen molar-refractivity contribution in [1.29, 1.82) is 0 Å². The van der Waals surface area contributed by atoms with Gasteiger partial charge in [-0.25, -0.2) is 9.59 Å². The number of aromatic hydroxyl groups is 2. The quantitative estimate of drug-likeness (QED) is 0.0698. The van der Waals surface area contributed by atoms with Crippen LogP contribution in [0.5, 0.6) is 17.2 Å². The van der Waals surface area contributed by atoms with E-state index >= 15 is 0 Å². The van der Waals surface area contributed by atoms with Crippen LogP contribution >= 0.6 is 0 Å². The maximum absolute atomic E-state index is 13.4. The van der Waals surface area contributed by atoms with E-state index in [4.69, 9.17) is 42.6 Å². The Morgan fingerprint density at radius 1 is 0.780 bits per heavy atom. The van der Waals surface area contributed by atoms with Crippen LogP contribution in [0, 0.1) is 11.8 Å². The predicted molar refractivity (Wildman–Crippen MR) is 196 cm³/mol. The van der Waals surface area contributed by atoms with Gasteiger partial charge in [-0.05, 0) is 60.5 Å². The first-order valence-electron chi connectivity index (χ1n) is 18.8. The lowest BCUT2D eigenvalue weighted by Gasteiger charge is -2.44. The second kappa shape index (κ2) is 17.5. The van der Waals surface area contributed by atoms with E-state index in [2.05, 4.69) is 0 Å². The van der Waals surface area contributed by atoms with Crippen molar-refractivity contribution in [2.45, 2.75) is 92.4 Å². The molecule has 0 spiro atoms. The molecule has 4 aliphatic heterocycles. The number of phenolic OH excluding ortho intramolecular Hbond substituents is 2. The van der Waals surface area contributed by atoms with Gasteiger partial charge in [-0.2, -0.15) is 0 Å². The van der Waals surface area contributed by atoms with Crippen LogP contribution in [0.2, 0.25) is 0 Å². The maximum Gasteiger partial charge on any atom is 0.331 e. The Hall–Kier alpha value is -4.64. The summed E-state index contributed by atoms with van der Waals surface area (Å²) in [6.45, 7) is 0.243. The first kappa shape index (κ1) is 42.5. The topological polar surface area (TPSA) is 282 Å². The number of methoxy groups -OCH3 is 1. The zero-order chi connectivity index (χ0) is 42.2. The highest BCUT2D eigenvalue weighted by Gasteiger charge is 2.77. The molecule has 5 aliphatic rings. The molecule has 7 rings (SSSR count). The van der Waals surface area contributed by atoms with Crippen molar-refractivity contribution in [1.82, 2.24) is 0 Å². The fourth-order valence-electron chi connectivity index (χ4n) is 7.88. The monoisotopic (exact) mass is 830 g/mol. The van der Waals surface area contributed by atoms with E-state index in [1.54, 1.807) is 18.2 Å². The molecule has 19 nitrogen and oxygen atoms in total. The van der Waals surface area contributed by atoms with Crippen molar-refractivity contribution in [2.75, 3.05) is 20.3 Å². The molecule has 59 heavy (non-hydrogen) atoms. The summed E-state index contributed by atoms with van der Waals surface area (Å²) < 4.78 is 52.5. The van der Waals surface area contributed by atoms with Gasteiger partial charge in [0.1, 0.15) is 48.0 Å². The van der Waals surface area contributed by atoms with Crippen molar-refractivity contribution < 1.29 is 93.1 Å². The lowest BCUT2D eigenvalue weighted by Crippen LogP contribution is -2.61. The molecule has 0 aromatic heterocycles. The van der Waals surface area contributed by atoms with E-state index in [0.29, 0.717) is 11.1 Å². The van der Waals surface area contributed by atoms with Crippen LogP contribution in [0.15, 0.2) is 67.0 Å². The summed E-state index contributed by atoms with van der Waals surface area (Å²) in [6.07, 6.45) is -10.5. The van der Waals surface area contributed by atoms with Crippen LogP contribution in [-0.2, 0) is 47.5 Å². The second-order valence-electron chi connectivity index (χ2n) is 14.7. The molecule has 0 amide bonds. The highest BCUT2D eigenvalue weighted by Crippen LogP contribution is 2.61. The van der Waals surface area contributed by atoms with Crippen molar-refractivity contribution >= 4 is 24.1 Å². The minimum absolute atomic E-state index is 0.0144. The smallest absolute Gasteiger partial charge is 0.331 e. The molecule has 4 heterocycles. The molecule has 4 fully saturated rings. The van der Waals surface area contributed by atoms with Gasteiger partial charge in [-0.15, -0.1) is 0 Å². The normalized spacial score (nSPS) is 38.7. The van der Waals surface area contributed by atoms with Crippen molar-refractivity contribution in [3.05, 3.63) is 78.1 Å². The SMILES string of the molecule is COc1cc(/C=C/C(=O)O[C@H]2[C@H](O)[C@@H](C)O[C@H](O[C@H]3[C@H]4C=CO[C@@H](O[C@@H]5O[C@H](CO)[C@@H](O)[C@H](O)[C@@H]5O)[C@@H]4[C@@]4(CO)O[C@@H]34)[C@@H]2OC(=O)/C=C/c2ccc(O)cc2)ccc1O. The van der Waals surface area contributed by atoms with Gasteiger partial charge in [0.05, 0.1) is 44.7 Å². The number of benzene rings is 2. The third-order valence-corrected chi connectivity index (χ3v) is 11.1. The van der Waals surface area contributed by atoms with Gasteiger partial charge in [-0.3, -0.25) is 0 Å². The number of rotatable bonds is 13. The fourth-order valence-corrected chi connectivity index (χ4v) is 7.88. The maximum atomic E-state index is 13.4. The first-order valence-corrected chi connectivity index (χ1v) is 18.8. The van der Waals surface area contributed by atoms with Gasteiger partial charge in [-0.1, -0.05) is 18.2 Å². The van der Waals surface area contributed by atoms with Gasteiger partial charge in [0.2, 0.25) is 6.29 Å². The minimum atomic E-state index is -1.75. The lowest BCUT2D eigenvalue weighted by atomic mass is 9.85. The van der Waals surface area contributed by atoms with E-state index in [1.165, 1.54) is 62.8 Å². The number of aliphatic hydroxyl groups is 6. The van der Waals surface area contributed by atoms with Crippen LogP contribution in [0.25, 0.3) is 12.2 Å². The molecule has 2 aromatic carbocycles. The molecule has 0 unspecified atom stereocenters. The molecule has 8 N–H and O–H groups in total. The Bertz CT molecular complexity index is 1900. The molecule has 3 saturated heterocycles. The number of phenols is 2. The van der Waals surface area contributed by atoms with Crippen LogP contribution < -0.4 is 4.74 Å². The Labute approximate surface area is 336 Å². The highest BCUT2D eigenvalue weighted by atomic mass is 16.8. The summed E-state index contributed by atoms with van der Waals surface area (Å²) in [6, 6.07) is 10.3. The molecule has 1 aliphatic carbocycles. The standard InChI is InChI=1S/C40H46O19/c1-18-29(47)34(55-26(45)12-7-20-5-10-23(44)24(15-20)51-2)35(56-27(46)11-6-19-3-8-21(43)9-4-19)39(53-18)57-33-22-13-14-52-37(28(22)40(17-42)36(33)59-40)58-38-32(50)31(49)30(48)25(16-41)54-38/h3-15,18,22,25,28-39,41-44,47-50H,16-17H2,1-2H3/b11-6+,12-7+/t18-,22+,25-,28-,29-,30-,31+,32+,33+,34+,35-,36+,37+,38+,39-,40-/m1/s1. The highest BCUT2D eigenvalue weighted by molar-refractivity contribution is 5.88. The molecule has 2 aromatic rings. The number of ether oxygens (including phenoxy) is 9. The van der Waals surface area contributed by atoms with E-state index in [1.807, 2.05) is 0 Å². The molecular formula is C40H46O19. The summed E-state index contributed by atoms with van der Waals surface area (Å²) in [5, 5.41) is 82.5. The van der Waals surface area contributed by atoms with Crippen molar-refractivity contribution in [3.63, 3.8) is 0 Å². The average Bonchev–Trinajstić information content (AvgIpc) is 3.91. The van der Waals surface area contributed by atoms with Crippen molar-refractivity contribution in [2.24, 2.45) is 11.8 Å². The Morgan fingerprint density at radius 3 is 2.14 bits per heavy atom. The Morgan fingerprint density at radius 2 is 1.46 bits per heavy atom. The lowest BCUT2D eigenvalue weighted by molar-refractivity contribution is -0.347. The van der Waals surface area contributed by atoms with Gasteiger partial charge in [0.15, 0.2) is 36.3 Å². The molecule has 1 saturated carbocycles. The van der Waals surface area contributed by atoms with E-state index in [-0.39, 0.29) is 17.2 Å². The number of hydrogen-bond donors (Lipinski definition) is 8. The first-order chi connectivity index (χ1) is 28.3. The average molecular weight is 831 g/mol. The largest absolute Gasteiger partial charge is 0.508 e. The van der Waals surface area contributed by atoms with Crippen LogP contribution in [0.3, 0.4) is 0 Å². The number of aliphatic hydroxyl groups excluding tert-OH is 6. The third-order valence-electron chi connectivity index (χ3n) is 11.1. The number of esters is 2. The predicted octanol–water partition coefficient (Wildman–Crippen LogP) is -0.790. The molecule has 0 bridgehead atoms. The van der Waals surface area contributed by atoms with Crippen LogP contribution in [0.4, 0.5) is 0 Å². The summed E-state index contributed by atoms with van der Waals surface area (Å²) >= 11 is 0. The summed E-state index contributed by atoms with van der Waals surface area (Å²) in [4.78, 5) is 26.7. The van der Waals surface area contributed by atoms with Crippen LogP contribution in [-0.4, -0.2) is 159 Å². The molecule has 16 atom stereocenters. The van der Waals surface area contributed by atoms with E-state index in [9.17, 15) is 50.4 Å². The zero-order valence-electron chi connectivity index (χ0n) is 31.6. The summed E-state index contributed by atoms with van der Waals surface area (Å²) in [5.41, 5.74) is -0.326. The second-order valence-corrected chi connectivity index (χ2v) is 14.7. The fraction of sp³-hybridized carbons (Fsp3) is 0.500. The molecule has 19 heteroatoms. The number of hydrogen-bond acceptors (Lipinski definition) is 19. The van der Waals surface area contributed by atoms with Gasteiger partial charge in [0.25, 0.3) is 0 Å². The Kier molecular flexibility index (Phi) is 12.6. The number of epoxide rings is 1. The van der Waals surface area contributed by atoms with E-state index < -0.39 is 122 Å². The number of carbonyl (C=O) groups is 2. The number of fused-ring (bicyclic) bond motifs is 3. The Balaban J connectivity index is 1.14. The summed E-state index contributed by atoms with van der Waals surface area (Å²) in [5.74, 6) is -3.35. The molecule has 0 radical (unpaired) electrons. The molecule has 320 valence electrons. The van der Waals surface area contributed by atoms with Crippen molar-refractivity contribution in [3.8, 4) is 17.2 Å². The molecular weight excluding hydrogens is 784 g/mol. The van der Waals surface area contributed by atoms with E-state index in [0.717, 1.165) is 12.2 Å². The third kappa shape index (κ3) is 8.54. The van der Waals surface area contributed by atoms with Crippen LogP contribution in [0.1, 0.15) is 18.1 Å².